The van der Waals surface area contributed by atoms with Crippen LogP contribution < -0.4 is 9.67 Å². The molecule has 2 heterocycles. The Hall–Kier alpha value is -3.73. The van der Waals surface area contributed by atoms with E-state index in [1.807, 2.05) is 78.9 Å². The van der Waals surface area contributed by atoms with Gasteiger partial charge in [0.05, 0.1) is 0 Å². The summed E-state index contributed by atoms with van der Waals surface area (Å²) in [5, 5.41) is 22.5. The number of anilines is 1. The number of nitrogens with one attached hydrogen (secondary N) is 2. The summed E-state index contributed by atoms with van der Waals surface area (Å²) in [6, 6.07) is 27.1. The summed E-state index contributed by atoms with van der Waals surface area (Å²) in [6.07, 6.45) is 2.78. The number of nitrogens with zero attached hydrogens (tertiary/aromatic N) is 2. The third-order valence-electron chi connectivity index (χ3n) is 5.57. The summed E-state index contributed by atoms with van der Waals surface area (Å²) in [5.74, 6) is -0.227. The van der Waals surface area contributed by atoms with Crippen LogP contribution in [0.1, 0.15) is 33.3 Å². The first-order valence-corrected chi connectivity index (χ1v) is 13.1. The van der Waals surface area contributed by atoms with Crippen LogP contribution in [0.15, 0.2) is 97.3 Å². The van der Waals surface area contributed by atoms with Crippen molar-refractivity contribution in [2.75, 3.05) is 5.32 Å². The van der Waals surface area contributed by atoms with Gasteiger partial charge in [0.1, 0.15) is 0 Å². The summed E-state index contributed by atoms with van der Waals surface area (Å²) >= 11 is -0.334. The number of hydrogen-bond donors (Lipinski definition) is 3. The van der Waals surface area contributed by atoms with E-state index in [0.29, 0.717) is 16.6 Å². The molecule has 0 aliphatic carbocycles. The van der Waals surface area contributed by atoms with E-state index in [9.17, 15) is 9.90 Å². The van der Waals surface area contributed by atoms with Gasteiger partial charge < -0.3 is 0 Å². The van der Waals surface area contributed by atoms with Crippen molar-refractivity contribution in [2.45, 2.75) is 11.3 Å². The van der Waals surface area contributed by atoms with Crippen molar-refractivity contribution in [3.63, 3.8) is 0 Å². The van der Waals surface area contributed by atoms with Crippen molar-refractivity contribution < 1.29 is 9.90 Å². The Morgan fingerprint density at radius 2 is 1.82 bits per heavy atom. The Labute approximate surface area is 203 Å². The van der Waals surface area contributed by atoms with Crippen LogP contribution in [0.5, 0.6) is 0 Å². The molecule has 0 bridgehead atoms. The molecule has 5 aromatic rings. The van der Waals surface area contributed by atoms with E-state index in [1.165, 1.54) is 0 Å². The number of aliphatic hydroxyl groups is 1. The van der Waals surface area contributed by atoms with Crippen molar-refractivity contribution in [1.29, 1.82) is 0 Å². The maximum absolute atomic E-state index is 13.0. The SMILES string of the molecule is O=C(Nc1ccc2ncccc2c1)c1[nH]ncc1C[As]c1ccccc1C(O)c1ccccc1. The molecule has 6 nitrogen and oxygen atoms in total. The van der Waals surface area contributed by atoms with Crippen LogP contribution in [0.25, 0.3) is 10.9 Å². The number of hydrogen-bond acceptors (Lipinski definition) is 4. The van der Waals surface area contributed by atoms with Gasteiger partial charge in [-0.2, -0.15) is 0 Å². The molecule has 0 spiro atoms. The summed E-state index contributed by atoms with van der Waals surface area (Å²) < 4.78 is 1.13. The molecule has 3 aromatic carbocycles. The van der Waals surface area contributed by atoms with Crippen molar-refractivity contribution in [3.05, 3.63) is 120 Å². The quantitative estimate of drug-likeness (QED) is 0.291. The molecule has 5 rings (SSSR count). The first-order chi connectivity index (χ1) is 16.7. The predicted molar refractivity (Wildman–Crippen MR) is 134 cm³/mol. The molecular formula is C27H22AsN4O2. The van der Waals surface area contributed by atoms with Gasteiger partial charge in [0.2, 0.25) is 0 Å². The van der Waals surface area contributed by atoms with Crippen LogP contribution in [0.3, 0.4) is 0 Å². The number of aromatic nitrogens is 3. The average Bonchev–Trinajstić information content (AvgIpc) is 3.36. The fourth-order valence-electron chi connectivity index (χ4n) is 3.82. The zero-order chi connectivity index (χ0) is 23.3. The molecular weight excluding hydrogens is 487 g/mol. The molecule has 1 unspecified atom stereocenters. The molecule has 0 aliphatic heterocycles. The number of pyridine rings is 1. The van der Waals surface area contributed by atoms with Crippen molar-refractivity contribution >= 4 is 42.6 Å². The van der Waals surface area contributed by atoms with Gasteiger partial charge in [-0.05, 0) is 0 Å². The van der Waals surface area contributed by atoms with E-state index in [4.69, 9.17) is 0 Å². The Morgan fingerprint density at radius 1 is 1.00 bits per heavy atom. The molecule has 1 atom stereocenters. The number of fused-ring (bicyclic) bond motifs is 1. The normalized spacial score (nSPS) is 12.3. The van der Waals surface area contributed by atoms with E-state index in [0.717, 1.165) is 31.9 Å². The fraction of sp³-hybridized carbons (Fsp3) is 0.0741. The first-order valence-electron chi connectivity index (χ1n) is 10.9. The van der Waals surface area contributed by atoms with E-state index in [-0.39, 0.29) is 21.7 Å². The molecule has 167 valence electrons. The Kier molecular flexibility index (Phi) is 6.52. The molecule has 0 saturated carbocycles. The number of rotatable bonds is 7. The van der Waals surface area contributed by atoms with Gasteiger partial charge in [0.15, 0.2) is 0 Å². The molecule has 34 heavy (non-hydrogen) atoms. The van der Waals surface area contributed by atoms with Gasteiger partial charge in [-0.15, -0.1) is 0 Å². The zero-order valence-electron chi connectivity index (χ0n) is 18.2. The van der Waals surface area contributed by atoms with Crippen LogP contribution in [0.4, 0.5) is 5.69 Å². The first kappa shape index (κ1) is 22.1. The Balaban J connectivity index is 1.31. The minimum atomic E-state index is -0.678. The number of amides is 1. The van der Waals surface area contributed by atoms with Gasteiger partial charge in [0.25, 0.3) is 0 Å². The minimum absolute atomic E-state index is 0.227. The number of aliphatic hydroxyl groups excluding tert-OH is 1. The van der Waals surface area contributed by atoms with Crippen molar-refractivity contribution in [2.24, 2.45) is 0 Å². The Bertz CT molecular complexity index is 1440. The molecule has 1 radical (unpaired) electrons. The standard InChI is InChI=1S/C27H22AsN4O2/c33-26(18-7-2-1-3-8-18)22-10-4-5-11-23(22)28-16-20-17-30-32-25(20)27(34)31-21-12-13-24-19(15-21)9-6-14-29-24/h1-15,17,26,33H,16H2,(H,30,32)(H,31,34). The third kappa shape index (κ3) is 4.79. The average molecular weight is 509 g/mol. The maximum atomic E-state index is 13.0. The fourth-order valence-corrected chi connectivity index (χ4v) is 6.24. The molecule has 2 aromatic heterocycles. The van der Waals surface area contributed by atoms with E-state index in [1.54, 1.807) is 12.4 Å². The second-order valence-corrected chi connectivity index (χ2v) is 10.2. The van der Waals surface area contributed by atoms with Gasteiger partial charge in [-0.1, -0.05) is 0 Å². The summed E-state index contributed by atoms with van der Waals surface area (Å²) in [6.45, 7) is 0. The topological polar surface area (TPSA) is 90.9 Å². The van der Waals surface area contributed by atoms with Crippen LogP contribution in [0, 0.1) is 0 Å². The van der Waals surface area contributed by atoms with Crippen LogP contribution in [0.2, 0.25) is 0 Å². The van der Waals surface area contributed by atoms with Crippen LogP contribution in [-0.2, 0) is 5.21 Å². The van der Waals surface area contributed by atoms with Crippen molar-refractivity contribution in [1.82, 2.24) is 15.2 Å². The number of carbonyl (C=O) groups excluding carboxylic acids is 1. The monoisotopic (exact) mass is 509 g/mol. The number of H-pyrrole nitrogens is 1. The van der Waals surface area contributed by atoms with E-state index >= 15 is 0 Å². The molecule has 1 amide bonds. The zero-order valence-corrected chi connectivity index (χ0v) is 20.1. The third-order valence-corrected chi connectivity index (χ3v) is 8.19. The summed E-state index contributed by atoms with van der Waals surface area (Å²) in [7, 11) is 0. The predicted octanol–water partition coefficient (Wildman–Crippen LogP) is 3.82. The van der Waals surface area contributed by atoms with E-state index < -0.39 is 6.10 Å². The molecule has 0 aliphatic rings. The molecule has 3 N–H and O–H groups in total. The number of benzene rings is 3. The van der Waals surface area contributed by atoms with Gasteiger partial charge in [-0.3, -0.25) is 0 Å². The van der Waals surface area contributed by atoms with Crippen LogP contribution >= 0.6 is 0 Å². The molecule has 7 heteroatoms. The number of aromatic amines is 1. The Morgan fingerprint density at radius 3 is 2.71 bits per heavy atom. The van der Waals surface area contributed by atoms with Gasteiger partial charge >= 0.3 is 204 Å². The summed E-state index contributed by atoms with van der Waals surface area (Å²) in [4.78, 5) is 17.3. The van der Waals surface area contributed by atoms with Crippen molar-refractivity contribution in [3.8, 4) is 0 Å². The number of carbonyl (C=O) groups is 1. The second kappa shape index (κ2) is 10.0. The van der Waals surface area contributed by atoms with Gasteiger partial charge in [-0.25, -0.2) is 0 Å². The molecule has 0 fully saturated rings. The summed E-state index contributed by atoms with van der Waals surface area (Å²) in [5.41, 5.74) is 4.68. The van der Waals surface area contributed by atoms with E-state index in [2.05, 4.69) is 26.6 Å². The van der Waals surface area contributed by atoms with Gasteiger partial charge in [0, 0.05) is 0 Å². The van der Waals surface area contributed by atoms with Crippen LogP contribution in [-0.4, -0.2) is 41.9 Å². The molecule has 0 saturated heterocycles. The second-order valence-electron chi connectivity index (χ2n) is 7.82.